The Hall–Kier alpha value is -1.51. The summed E-state index contributed by atoms with van der Waals surface area (Å²) in [7, 11) is -0.231. The Bertz CT molecular complexity index is 827. The fourth-order valence-electron chi connectivity index (χ4n) is 3.78. The highest BCUT2D eigenvalue weighted by Crippen LogP contribution is 2.38. The third kappa shape index (κ3) is 8.53. The summed E-state index contributed by atoms with van der Waals surface area (Å²) in [5.41, 5.74) is 1.02. The van der Waals surface area contributed by atoms with E-state index in [0.717, 1.165) is 17.6 Å². The molecule has 1 aromatic carbocycles. The highest BCUT2D eigenvalue weighted by molar-refractivity contribution is 6.74. The molecule has 1 aromatic rings. The lowest BCUT2D eigenvalue weighted by Crippen LogP contribution is -2.44. The van der Waals surface area contributed by atoms with Crippen molar-refractivity contribution in [1.82, 2.24) is 0 Å². The summed E-state index contributed by atoms with van der Waals surface area (Å²) >= 11 is 0. The molecule has 0 N–H and O–H groups in total. The largest absolute Gasteiger partial charge is 0.497 e. The molecule has 0 amide bonds. The Morgan fingerprint density at radius 3 is 2.26 bits per heavy atom. The smallest absolute Gasteiger partial charge is 0.192 e. The van der Waals surface area contributed by atoms with E-state index in [1.54, 1.807) is 7.11 Å². The number of hydrogen-bond donors (Lipinski definition) is 0. The maximum absolute atomic E-state index is 11.3. The van der Waals surface area contributed by atoms with E-state index in [0.29, 0.717) is 6.61 Å². The van der Waals surface area contributed by atoms with Gasteiger partial charge in [0, 0.05) is 12.5 Å². The molecular formula is C28H46O6Si. The lowest BCUT2D eigenvalue weighted by Gasteiger charge is -2.39. The minimum absolute atomic E-state index is 0.0670. The lowest BCUT2D eigenvalue weighted by atomic mass is 10.0. The second-order valence-corrected chi connectivity index (χ2v) is 16.2. The van der Waals surface area contributed by atoms with Gasteiger partial charge in [-0.2, -0.15) is 0 Å². The second kappa shape index (κ2) is 12.1. The van der Waals surface area contributed by atoms with Crippen LogP contribution in [-0.4, -0.2) is 51.9 Å². The van der Waals surface area contributed by atoms with Gasteiger partial charge in [0.15, 0.2) is 14.1 Å². The summed E-state index contributed by atoms with van der Waals surface area (Å²) in [5.74, 6) is 0.198. The number of ether oxygens (including phenoxy) is 4. The van der Waals surface area contributed by atoms with Gasteiger partial charge >= 0.3 is 0 Å². The molecule has 0 saturated carbocycles. The Morgan fingerprint density at radius 2 is 1.71 bits per heavy atom. The summed E-state index contributed by atoms with van der Waals surface area (Å²) in [4.78, 5) is 11.3. The average molecular weight is 507 g/mol. The van der Waals surface area contributed by atoms with Crippen molar-refractivity contribution in [1.29, 1.82) is 0 Å². The van der Waals surface area contributed by atoms with E-state index in [9.17, 15) is 4.79 Å². The van der Waals surface area contributed by atoms with Crippen LogP contribution in [0.2, 0.25) is 18.1 Å². The van der Waals surface area contributed by atoms with E-state index in [4.69, 9.17) is 23.4 Å². The number of carbonyl (C=O) groups excluding carboxylic acids is 1. The van der Waals surface area contributed by atoms with Crippen LogP contribution >= 0.6 is 0 Å². The predicted octanol–water partition coefficient (Wildman–Crippen LogP) is 6.29. The van der Waals surface area contributed by atoms with Gasteiger partial charge in [-0.15, -0.1) is 0 Å². The zero-order valence-corrected chi connectivity index (χ0v) is 24.3. The van der Waals surface area contributed by atoms with Crippen LogP contribution in [0.25, 0.3) is 0 Å². The molecule has 6 nitrogen and oxygen atoms in total. The molecule has 1 aliphatic rings. The predicted molar refractivity (Wildman–Crippen MR) is 142 cm³/mol. The van der Waals surface area contributed by atoms with Crippen molar-refractivity contribution < 1.29 is 28.2 Å². The maximum atomic E-state index is 11.3. The monoisotopic (exact) mass is 506 g/mol. The van der Waals surface area contributed by atoms with Gasteiger partial charge in [-0.3, -0.25) is 0 Å². The highest BCUT2D eigenvalue weighted by Gasteiger charge is 2.45. The standard InChI is InChI=1S/C28H46O6Si/c1-20(21(2)34-35(9,10)27(3,4)5)11-16-24(26-25(17-18-29)32-28(6,7)33-26)31-19-22-12-14-23(30-8)15-13-22/h11-16,18,20-21,24-26H,17,19H2,1-10H3/b16-11-/t20-,21+,24?,25+,26-/m1/s1. The molecule has 1 saturated heterocycles. The van der Waals surface area contributed by atoms with Crippen molar-refractivity contribution in [3.05, 3.63) is 42.0 Å². The Labute approximate surface area is 213 Å². The van der Waals surface area contributed by atoms with Crippen LogP contribution < -0.4 is 4.74 Å². The normalized spacial score (nSPS) is 23.3. The molecule has 5 atom stereocenters. The first kappa shape index (κ1) is 29.7. The SMILES string of the molecule is COc1ccc(COC(/C=C\[C@@H](C)[C@H](C)O[Si](C)(C)C(C)(C)C)[C@H]2OC(C)(C)O[C@H]2CC=O)cc1. The van der Waals surface area contributed by atoms with Crippen LogP contribution in [0.4, 0.5) is 0 Å². The van der Waals surface area contributed by atoms with Crippen LogP contribution in [0, 0.1) is 5.92 Å². The van der Waals surface area contributed by atoms with E-state index >= 15 is 0 Å². The molecule has 0 radical (unpaired) electrons. The average Bonchev–Trinajstić information content (AvgIpc) is 3.07. The zero-order valence-electron chi connectivity index (χ0n) is 23.3. The van der Waals surface area contributed by atoms with Gasteiger partial charge in [0.05, 0.1) is 19.8 Å². The van der Waals surface area contributed by atoms with Crippen LogP contribution in [0.3, 0.4) is 0 Å². The topological polar surface area (TPSA) is 63.2 Å². The second-order valence-electron chi connectivity index (χ2n) is 11.5. The summed E-state index contributed by atoms with van der Waals surface area (Å²) in [6.45, 7) is 19.7. The number of aldehydes is 1. The molecule has 0 spiro atoms. The molecule has 1 fully saturated rings. The molecule has 1 heterocycles. The molecule has 0 aliphatic carbocycles. The van der Waals surface area contributed by atoms with Crippen molar-refractivity contribution in [2.24, 2.45) is 5.92 Å². The molecule has 0 bridgehead atoms. The molecule has 35 heavy (non-hydrogen) atoms. The maximum Gasteiger partial charge on any atom is 0.192 e. The molecule has 198 valence electrons. The molecule has 2 rings (SSSR count). The van der Waals surface area contributed by atoms with E-state index in [2.05, 4.69) is 53.8 Å². The van der Waals surface area contributed by atoms with E-state index in [1.165, 1.54) is 0 Å². The molecule has 1 aliphatic heterocycles. The van der Waals surface area contributed by atoms with Crippen LogP contribution in [0.1, 0.15) is 60.5 Å². The quantitative estimate of drug-likeness (QED) is 0.189. The number of rotatable bonds is 12. The molecular weight excluding hydrogens is 460 g/mol. The van der Waals surface area contributed by atoms with E-state index < -0.39 is 20.2 Å². The van der Waals surface area contributed by atoms with Gasteiger partial charge in [0.1, 0.15) is 24.2 Å². The van der Waals surface area contributed by atoms with E-state index in [-0.39, 0.29) is 35.7 Å². The van der Waals surface area contributed by atoms with Crippen LogP contribution in [-0.2, 0) is 30.0 Å². The van der Waals surface area contributed by atoms with Gasteiger partial charge in [0.25, 0.3) is 0 Å². The summed E-state index contributed by atoms with van der Waals surface area (Å²) in [5, 5.41) is 0.150. The lowest BCUT2D eigenvalue weighted by molar-refractivity contribution is -0.156. The van der Waals surface area contributed by atoms with Crippen molar-refractivity contribution in [2.45, 2.75) is 110 Å². The van der Waals surface area contributed by atoms with Crippen molar-refractivity contribution in [3.63, 3.8) is 0 Å². The number of methoxy groups -OCH3 is 1. The van der Waals surface area contributed by atoms with Crippen LogP contribution in [0.5, 0.6) is 5.75 Å². The van der Waals surface area contributed by atoms with Gasteiger partial charge in [-0.25, -0.2) is 0 Å². The van der Waals surface area contributed by atoms with Gasteiger partial charge < -0.3 is 28.2 Å². The third-order valence-corrected chi connectivity index (χ3v) is 11.7. The summed E-state index contributed by atoms with van der Waals surface area (Å²) < 4.78 is 30.4. The first-order valence-electron chi connectivity index (χ1n) is 12.6. The third-order valence-electron chi connectivity index (χ3n) is 7.11. The van der Waals surface area contributed by atoms with Gasteiger partial charge in [-0.05, 0) is 62.5 Å². The number of hydrogen-bond acceptors (Lipinski definition) is 6. The first-order valence-corrected chi connectivity index (χ1v) is 15.5. The van der Waals surface area contributed by atoms with Gasteiger partial charge in [-0.1, -0.05) is 52.0 Å². The van der Waals surface area contributed by atoms with Crippen molar-refractivity contribution in [3.8, 4) is 5.75 Å². The van der Waals surface area contributed by atoms with Crippen LogP contribution in [0.15, 0.2) is 36.4 Å². The molecule has 7 heteroatoms. The Kier molecular flexibility index (Phi) is 10.3. The zero-order chi connectivity index (χ0) is 26.4. The van der Waals surface area contributed by atoms with E-state index in [1.807, 2.05) is 44.2 Å². The summed E-state index contributed by atoms with van der Waals surface area (Å²) in [6, 6.07) is 7.80. The molecule has 1 unspecified atom stereocenters. The minimum atomic E-state index is -1.88. The first-order chi connectivity index (χ1) is 16.2. The molecule has 0 aromatic heterocycles. The fraction of sp³-hybridized carbons (Fsp3) is 0.679. The number of benzene rings is 1. The van der Waals surface area contributed by atoms with Gasteiger partial charge in [0.2, 0.25) is 0 Å². The van der Waals surface area contributed by atoms with Crippen molar-refractivity contribution in [2.75, 3.05) is 7.11 Å². The Balaban J connectivity index is 2.20. The minimum Gasteiger partial charge on any atom is -0.497 e. The summed E-state index contributed by atoms with van der Waals surface area (Å²) in [6.07, 6.45) is 4.24. The Morgan fingerprint density at radius 1 is 1.09 bits per heavy atom. The fourth-order valence-corrected chi connectivity index (χ4v) is 5.28. The number of carbonyl (C=O) groups is 1. The van der Waals surface area contributed by atoms with Crippen molar-refractivity contribution >= 4 is 14.6 Å². The highest BCUT2D eigenvalue weighted by atomic mass is 28.4.